The summed E-state index contributed by atoms with van der Waals surface area (Å²) in [6, 6.07) is 2.15. The maximum absolute atomic E-state index is 10.8. The lowest BCUT2D eigenvalue weighted by atomic mass is 9.80. The van der Waals surface area contributed by atoms with E-state index in [2.05, 4.69) is 19.2 Å². The minimum atomic E-state index is -1.01. The summed E-state index contributed by atoms with van der Waals surface area (Å²) >= 11 is 0. The lowest BCUT2D eigenvalue weighted by Gasteiger charge is -2.33. The predicted octanol–water partition coefficient (Wildman–Crippen LogP) is 3.20. The molecule has 3 atom stereocenters. The maximum Gasteiger partial charge on any atom is 0.371 e. The zero-order valence-corrected chi connectivity index (χ0v) is 11.9. The van der Waals surface area contributed by atoms with Crippen LogP contribution in [0.3, 0.4) is 0 Å². The van der Waals surface area contributed by atoms with E-state index in [0.29, 0.717) is 24.3 Å². The number of rotatable bonds is 4. The van der Waals surface area contributed by atoms with Crippen LogP contribution in [0.25, 0.3) is 0 Å². The number of aromatic carboxylic acids is 1. The van der Waals surface area contributed by atoms with E-state index in [0.717, 1.165) is 11.5 Å². The Hall–Kier alpha value is -1.29. The number of carboxylic acid groups (broad SMARTS) is 1. The predicted molar refractivity (Wildman–Crippen MR) is 73.2 cm³/mol. The van der Waals surface area contributed by atoms with Crippen molar-refractivity contribution in [3.8, 4) is 0 Å². The minimum absolute atomic E-state index is 0.0274. The molecule has 1 aromatic heterocycles. The molecule has 2 rings (SSSR count). The Morgan fingerprint density at radius 2 is 2.21 bits per heavy atom. The van der Waals surface area contributed by atoms with Gasteiger partial charge < -0.3 is 14.8 Å². The number of furan rings is 1. The van der Waals surface area contributed by atoms with Crippen LogP contribution in [0, 0.1) is 18.8 Å². The molecule has 0 bridgehead atoms. The molecular weight excluding hydrogens is 242 g/mol. The third-order valence-electron chi connectivity index (χ3n) is 4.22. The van der Waals surface area contributed by atoms with Gasteiger partial charge >= 0.3 is 5.97 Å². The van der Waals surface area contributed by atoms with Gasteiger partial charge in [0.1, 0.15) is 5.76 Å². The second-order valence-electron chi connectivity index (χ2n) is 5.88. The summed E-state index contributed by atoms with van der Waals surface area (Å²) in [5.74, 6) is 1.22. The highest BCUT2D eigenvalue weighted by molar-refractivity contribution is 5.84. The van der Waals surface area contributed by atoms with Crippen molar-refractivity contribution in [3.05, 3.63) is 23.2 Å². The van der Waals surface area contributed by atoms with Crippen molar-refractivity contribution in [1.82, 2.24) is 5.32 Å². The molecule has 0 aliphatic heterocycles. The van der Waals surface area contributed by atoms with Crippen molar-refractivity contribution in [2.75, 3.05) is 0 Å². The first kappa shape index (κ1) is 14.1. The number of nitrogens with one attached hydrogen (secondary N) is 1. The van der Waals surface area contributed by atoms with Gasteiger partial charge in [0.2, 0.25) is 5.76 Å². The van der Waals surface area contributed by atoms with Crippen molar-refractivity contribution in [1.29, 1.82) is 0 Å². The van der Waals surface area contributed by atoms with E-state index in [9.17, 15) is 4.79 Å². The molecule has 0 aromatic carbocycles. The van der Waals surface area contributed by atoms with Crippen LogP contribution in [-0.2, 0) is 6.54 Å². The largest absolute Gasteiger partial charge is 0.475 e. The van der Waals surface area contributed by atoms with Crippen molar-refractivity contribution in [2.45, 2.75) is 52.6 Å². The average Bonchev–Trinajstić information content (AvgIpc) is 2.70. The highest BCUT2D eigenvalue weighted by atomic mass is 16.4. The molecule has 106 valence electrons. The molecule has 1 heterocycles. The van der Waals surface area contributed by atoms with E-state index < -0.39 is 5.97 Å². The number of carbonyl (C=O) groups is 1. The molecule has 19 heavy (non-hydrogen) atoms. The van der Waals surface area contributed by atoms with Crippen LogP contribution < -0.4 is 5.32 Å². The third-order valence-corrected chi connectivity index (χ3v) is 4.22. The monoisotopic (exact) mass is 265 g/mol. The fraction of sp³-hybridized carbons (Fsp3) is 0.667. The van der Waals surface area contributed by atoms with Crippen LogP contribution in [0.2, 0.25) is 0 Å². The van der Waals surface area contributed by atoms with Crippen LogP contribution in [0.4, 0.5) is 0 Å². The van der Waals surface area contributed by atoms with E-state index in [1.807, 2.05) is 6.92 Å². The van der Waals surface area contributed by atoms with Gasteiger partial charge in [0, 0.05) is 18.2 Å². The van der Waals surface area contributed by atoms with Crippen LogP contribution in [-0.4, -0.2) is 17.1 Å². The second kappa shape index (κ2) is 5.78. The molecule has 0 spiro atoms. The highest BCUT2D eigenvalue weighted by Gasteiger charge is 2.25. The standard InChI is InChI=1S/C15H23NO3/c1-9-4-5-13(10(2)6-9)16-8-12-7-14(15(17)18)19-11(12)3/h7,9-10,13,16H,4-6,8H2,1-3H3,(H,17,18). The summed E-state index contributed by atoms with van der Waals surface area (Å²) in [5.41, 5.74) is 0.947. The van der Waals surface area contributed by atoms with Gasteiger partial charge in [-0.15, -0.1) is 0 Å². The Kier molecular flexibility index (Phi) is 4.30. The lowest BCUT2D eigenvalue weighted by Crippen LogP contribution is -2.38. The first-order valence-corrected chi connectivity index (χ1v) is 7.03. The molecule has 3 unspecified atom stereocenters. The summed E-state index contributed by atoms with van der Waals surface area (Å²) in [7, 11) is 0. The molecule has 1 saturated carbocycles. The topological polar surface area (TPSA) is 62.5 Å². The molecule has 4 nitrogen and oxygen atoms in total. The van der Waals surface area contributed by atoms with Gasteiger partial charge in [0.15, 0.2) is 0 Å². The number of aryl methyl sites for hydroxylation is 1. The van der Waals surface area contributed by atoms with Crippen LogP contribution in [0.15, 0.2) is 10.5 Å². The number of carboxylic acids is 1. The molecule has 1 aliphatic carbocycles. The van der Waals surface area contributed by atoms with Gasteiger partial charge in [-0.3, -0.25) is 0 Å². The highest BCUT2D eigenvalue weighted by Crippen LogP contribution is 2.29. The van der Waals surface area contributed by atoms with Gasteiger partial charge in [-0.25, -0.2) is 4.79 Å². The molecule has 0 radical (unpaired) electrons. The summed E-state index contributed by atoms with van der Waals surface area (Å²) < 4.78 is 5.22. The normalized spacial score (nSPS) is 27.4. The van der Waals surface area contributed by atoms with Crippen LogP contribution in [0.1, 0.15) is 55.0 Å². The minimum Gasteiger partial charge on any atom is -0.475 e. The Bertz CT molecular complexity index is 452. The molecule has 1 aliphatic rings. The van der Waals surface area contributed by atoms with Gasteiger partial charge in [-0.2, -0.15) is 0 Å². The molecule has 1 fully saturated rings. The van der Waals surface area contributed by atoms with Gasteiger partial charge in [0.05, 0.1) is 0 Å². The fourth-order valence-corrected chi connectivity index (χ4v) is 3.01. The molecular formula is C15H23NO3. The quantitative estimate of drug-likeness (QED) is 0.877. The van der Waals surface area contributed by atoms with E-state index in [1.54, 1.807) is 6.07 Å². The Labute approximate surface area is 114 Å². The summed E-state index contributed by atoms with van der Waals surface area (Å²) in [4.78, 5) is 10.8. The molecule has 4 heteroatoms. The number of hydrogen-bond donors (Lipinski definition) is 2. The first-order chi connectivity index (χ1) is 8.97. The SMILES string of the molecule is Cc1oc(C(=O)O)cc1CNC1CCC(C)CC1C. The van der Waals surface area contributed by atoms with E-state index in [-0.39, 0.29) is 5.76 Å². The Balaban J connectivity index is 1.93. The van der Waals surface area contributed by atoms with Crippen molar-refractivity contribution < 1.29 is 14.3 Å². The molecule has 0 saturated heterocycles. The van der Waals surface area contributed by atoms with E-state index in [1.165, 1.54) is 19.3 Å². The summed E-state index contributed by atoms with van der Waals surface area (Å²) in [5, 5.41) is 12.4. The smallest absolute Gasteiger partial charge is 0.371 e. The zero-order chi connectivity index (χ0) is 14.0. The fourth-order valence-electron chi connectivity index (χ4n) is 3.01. The van der Waals surface area contributed by atoms with Gasteiger partial charge in [0.25, 0.3) is 0 Å². The van der Waals surface area contributed by atoms with Crippen molar-refractivity contribution in [2.24, 2.45) is 11.8 Å². The zero-order valence-electron chi connectivity index (χ0n) is 11.9. The second-order valence-corrected chi connectivity index (χ2v) is 5.88. The van der Waals surface area contributed by atoms with Gasteiger partial charge in [-0.1, -0.05) is 13.8 Å². The van der Waals surface area contributed by atoms with Gasteiger partial charge in [-0.05, 0) is 44.1 Å². The van der Waals surface area contributed by atoms with Crippen LogP contribution >= 0.6 is 0 Å². The third kappa shape index (κ3) is 3.38. The van der Waals surface area contributed by atoms with Crippen molar-refractivity contribution in [3.63, 3.8) is 0 Å². The maximum atomic E-state index is 10.8. The molecule has 2 N–H and O–H groups in total. The molecule has 0 amide bonds. The number of hydrogen-bond acceptors (Lipinski definition) is 3. The van der Waals surface area contributed by atoms with Crippen molar-refractivity contribution >= 4 is 5.97 Å². The Morgan fingerprint density at radius 1 is 1.47 bits per heavy atom. The summed E-state index contributed by atoms with van der Waals surface area (Å²) in [6.45, 7) is 7.10. The van der Waals surface area contributed by atoms with E-state index in [4.69, 9.17) is 9.52 Å². The first-order valence-electron chi connectivity index (χ1n) is 7.03. The Morgan fingerprint density at radius 3 is 2.79 bits per heavy atom. The van der Waals surface area contributed by atoms with Crippen LogP contribution in [0.5, 0.6) is 0 Å². The molecule has 1 aromatic rings. The summed E-state index contributed by atoms with van der Waals surface area (Å²) in [6.07, 6.45) is 3.74. The average molecular weight is 265 g/mol. The lowest BCUT2D eigenvalue weighted by molar-refractivity contribution is 0.0661. The van der Waals surface area contributed by atoms with E-state index >= 15 is 0 Å².